The Morgan fingerprint density at radius 1 is 0.806 bits per heavy atom. The number of hydrogen-bond donors (Lipinski definition) is 2. The van der Waals surface area contributed by atoms with Crippen LogP contribution in [0.2, 0.25) is 0 Å². The third-order valence-electron chi connectivity index (χ3n) is 4.80. The van der Waals surface area contributed by atoms with Crippen LogP contribution < -0.4 is 20.1 Å². The molecule has 0 aliphatic carbocycles. The first-order chi connectivity index (χ1) is 17.4. The number of para-hydroxylation sites is 2. The van der Waals surface area contributed by atoms with Crippen LogP contribution in [0, 0.1) is 0 Å². The van der Waals surface area contributed by atoms with E-state index in [1.54, 1.807) is 48.5 Å². The molecule has 0 radical (unpaired) electrons. The van der Waals surface area contributed by atoms with Crippen LogP contribution in [-0.2, 0) is 19.1 Å². The molecule has 3 aromatic carbocycles. The molecule has 2 N–H and O–H groups in total. The molecule has 188 valence electrons. The summed E-state index contributed by atoms with van der Waals surface area (Å²) in [7, 11) is 0. The zero-order valence-corrected chi connectivity index (χ0v) is 21.4. The normalized spacial score (nSPS) is 10.3. The number of carbonyl (C=O) groups is 3. The lowest BCUT2D eigenvalue weighted by Gasteiger charge is -2.11. The van der Waals surface area contributed by atoms with Crippen LogP contribution in [0.15, 0.2) is 77.3 Å². The zero-order valence-electron chi connectivity index (χ0n) is 19.8. The van der Waals surface area contributed by atoms with Gasteiger partial charge in [0.15, 0.2) is 6.61 Å². The van der Waals surface area contributed by atoms with E-state index < -0.39 is 18.5 Å². The SMILES string of the molecule is CCOc1ccccc1NC(=O)COC(=O)CCCC(=O)Nc1ccc(Oc2ccc(Br)cc2)cc1. The van der Waals surface area contributed by atoms with Gasteiger partial charge in [-0.25, -0.2) is 0 Å². The number of hydrogen-bond acceptors (Lipinski definition) is 6. The van der Waals surface area contributed by atoms with E-state index in [0.717, 1.165) is 4.47 Å². The Morgan fingerprint density at radius 3 is 2.17 bits per heavy atom. The third kappa shape index (κ3) is 9.07. The number of anilines is 2. The van der Waals surface area contributed by atoms with Crippen LogP contribution in [-0.4, -0.2) is 31.0 Å². The first kappa shape index (κ1) is 26.7. The van der Waals surface area contributed by atoms with Crippen molar-refractivity contribution >= 4 is 45.1 Å². The average Bonchev–Trinajstić information content (AvgIpc) is 2.87. The summed E-state index contributed by atoms with van der Waals surface area (Å²) in [6.07, 6.45) is 0.459. The van der Waals surface area contributed by atoms with E-state index in [2.05, 4.69) is 26.6 Å². The van der Waals surface area contributed by atoms with Crippen molar-refractivity contribution in [1.29, 1.82) is 0 Å². The van der Waals surface area contributed by atoms with Gasteiger partial charge in [0, 0.05) is 23.0 Å². The van der Waals surface area contributed by atoms with Crippen LogP contribution in [0.3, 0.4) is 0 Å². The van der Waals surface area contributed by atoms with Gasteiger partial charge in [0.1, 0.15) is 17.2 Å². The second-order valence-corrected chi connectivity index (χ2v) is 8.54. The van der Waals surface area contributed by atoms with E-state index in [1.165, 1.54) is 0 Å². The summed E-state index contributed by atoms with van der Waals surface area (Å²) in [5, 5.41) is 5.43. The maximum absolute atomic E-state index is 12.2. The van der Waals surface area contributed by atoms with Gasteiger partial charge in [0.2, 0.25) is 5.91 Å². The highest BCUT2D eigenvalue weighted by atomic mass is 79.9. The van der Waals surface area contributed by atoms with Crippen molar-refractivity contribution in [1.82, 2.24) is 0 Å². The Kier molecular flexibility index (Phi) is 10.3. The molecule has 0 aliphatic rings. The van der Waals surface area contributed by atoms with Gasteiger partial charge in [-0.2, -0.15) is 0 Å². The van der Waals surface area contributed by atoms with Crippen molar-refractivity contribution in [3.05, 3.63) is 77.3 Å². The van der Waals surface area contributed by atoms with E-state index in [0.29, 0.717) is 41.7 Å². The molecule has 0 aliphatic heterocycles. The summed E-state index contributed by atoms with van der Waals surface area (Å²) in [4.78, 5) is 36.2. The molecule has 0 heterocycles. The number of rotatable bonds is 12. The summed E-state index contributed by atoms with van der Waals surface area (Å²) >= 11 is 3.38. The third-order valence-corrected chi connectivity index (χ3v) is 5.33. The van der Waals surface area contributed by atoms with Crippen LogP contribution in [0.5, 0.6) is 17.2 Å². The van der Waals surface area contributed by atoms with Crippen molar-refractivity contribution in [3.8, 4) is 17.2 Å². The zero-order chi connectivity index (χ0) is 25.8. The molecule has 0 bridgehead atoms. The highest BCUT2D eigenvalue weighted by molar-refractivity contribution is 9.10. The summed E-state index contributed by atoms with van der Waals surface area (Å²) in [5.74, 6) is 0.636. The van der Waals surface area contributed by atoms with Gasteiger partial charge >= 0.3 is 5.97 Å². The number of benzene rings is 3. The molecule has 0 saturated heterocycles. The number of carbonyl (C=O) groups excluding carboxylic acids is 3. The molecular formula is C27H27BrN2O6. The largest absolute Gasteiger partial charge is 0.492 e. The second-order valence-electron chi connectivity index (χ2n) is 7.62. The van der Waals surface area contributed by atoms with Crippen LogP contribution >= 0.6 is 15.9 Å². The average molecular weight is 555 g/mol. The quantitative estimate of drug-likeness (QED) is 0.269. The Balaban J connectivity index is 1.33. The fraction of sp³-hybridized carbons (Fsp3) is 0.222. The Hall–Kier alpha value is -3.85. The van der Waals surface area contributed by atoms with Crippen LogP contribution in [0.1, 0.15) is 26.2 Å². The molecule has 36 heavy (non-hydrogen) atoms. The highest BCUT2D eigenvalue weighted by Gasteiger charge is 2.11. The number of halogens is 1. The van der Waals surface area contributed by atoms with E-state index in [-0.39, 0.29) is 18.7 Å². The maximum Gasteiger partial charge on any atom is 0.306 e. The Labute approximate surface area is 218 Å². The van der Waals surface area contributed by atoms with E-state index in [4.69, 9.17) is 14.2 Å². The highest BCUT2D eigenvalue weighted by Crippen LogP contribution is 2.25. The maximum atomic E-state index is 12.2. The second kappa shape index (κ2) is 13.9. The lowest BCUT2D eigenvalue weighted by Crippen LogP contribution is -2.21. The summed E-state index contributed by atoms with van der Waals surface area (Å²) in [6, 6.07) is 21.5. The number of amides is 2. The van der Waals surface area contributed by atoms with Crippen LogP contribution in [0.4, 0.5) is 11.4 Å². The molecule has 9 heteroatoms. The number of ether oxygens (including phenoxy) is 3. The van der Waals surface area contributed by atoms with Crippen molar-refractivity contribution in [3.63, 3.8) is 0 Å². The van der Waals surface area contributed by atoms with Gasteiger partial charge in [-0.15, -0.1) is 0 Å². The van der Waals surface area contributed by atoms with Crippen molar-refractivity contribution in [2.75, 3.05) is 23.8 Å². The van der Waals surface area contributed by atoms with Crippen LogP contribution in [0.25, 0.3) is 0 Å². The smallest absolute Gasteiger partial charge is 0.306 e. The molecule has 0 saturated carbocycles. The van der Waals surface area contributed by atoms with Gasteiger partial charge in [-0.1, -0.05) is 28.1 Å². The Bertz CT molecular complexity index is 1170. The fourth-order valence-corrected chi connectivity index (χ4v) is 3.38. The standard InChI is InChI=1S/C27H27BrN2O6/c1-2-34-24-7-4-3-6-23(24)30-26(32)18-35-27(33)9-5-8-25(31)29-20-12-16-22(17-13-20)36-21-14-10-19(28)11-15-21/h3-4,6-7,10-17H,2,5,8-9,18H2,1H3,(H,29,31)(H,30,32). The van der Waals surface area contributed by atoms with Crippen molar-refractivity contribution in [2.45, 2.75) is 26.2 Å². The molecule has 0 aromatic heterocycles. The van der Waals surface area contributed by atoms with Gasteiger partial charge in [-0.05, 0) is 74.0 Å². The molecule has 0 fully saturated rings. The molecule has 0 spiro atoms. The topological polar surface area (TPSA) is 103 Å². The van der Waals surface area contributed by atoms with E-state index in [9.17, 15) is 14.4 Å². The fourth-order valence-electron chi connectivity index (χ4n) is 3.12. The van der Waals surface area contributed by atoms with E-state index >= 15 is 0 Å². The first-order valence-electron chi connectivity index (χ1n) is 11.4. The molecule has 0 unspecified atom stereocenters. The predicted octanol–water partition coefficient (Wildman–Crippen LogP) is 5.93. The molecule has 8 nitrogen and oxygen atoms in total. The minimum atomic E-state index is -0.550. The molecule has 3 rings (SSSR count). The summed E-state index contributed by atoms with van der Waals surface area (Å²) in [6.45, 7) is 1.89. The molecular weight excluding hydrogens is 528 g/mol. The minimum absolute atomic E-state index is 0.0240. The number of esters is 1. The molecule has 0 atom stereocenters. The van der Waals surface area contributed by atoms with Gasteiger partial charge in [0.05, 0.1) is 12.3 Å². The predicted molar refractivity (Wildman–Crippen MR) is 140 cm³/mol. The van der Waals surface area contributed by atoms with E-state index in [1.807, 2.05) is 31.2 Å². The molecule has 3 aromatic rings. The van der Waals surface area contributed by atoms with Gasteiger partial charge in [-0.3, -0.25) is 14.4 Å². The minimum Gasteiger partial charge on any atom is -0.492 e. The lowest BCUT2D eigenvalue weighted by molar-refractivity contribution is -0.147. The van der Waals surface area contributed by atoms with Crippen molar-refractivity contribution < 1.29 is 28.6 Å². The first-order valence-corrected chi connectivity index (χ1v) is 12.2. The molecule has 2 amide bonds. The summed E-state index contributed by atoms with van der Waals surface area (Å²) in [5.41, 5.74) is 1.12. The van der Waals surface area contributed by atoms with Gasteiger partial charge < -0.3 is 24.8 Å². The number of nitrogens with one attached hydrogen (secondary N) is 2. The summed E-state index contributed by atoms with van der Waals surface area (Å²) < 4.78 is 17.2. The Morgan fingerprint density at radius 2 is 1.47 bits per heavy atom. The monoisotopic (exact) mass is 554 g/mol. The lowest BCUT2D eigenvalue weighted by atomic mass is 10.2. The van der Waals surface area contributed by atoms with Crippen molar-refractivity contribution in [2.24, 2.45) is 0 Å². The van der Waals surface area contributed by atoms with Gasteiger partial charge in [0.25, 0.3) is 5.91 Å².